The van der Waals surface area contributed by atoms with E-state index in [0.29, 0.717) is 34.5 Å². The molecule has 176 valence electrons. The lowest BCUT2D eigenvalue weighted by Crippen LogP contribution is -2.49. The van der Waals surface area contributed by atoms with E-state index in [0.717, 1.165) is 21.2 Å². The van der Waals surface area contributed by atoms with E-state index in [2.05, 4.69) is 0 Å². The Balaban J connectivity index is 1.37. The quantitative estimate of drug-likeness (QED) is 0.573. The average molecular weight is 494 g/mol. The monoisotopic (exact) mass is 493 g/mol. The summed E-state index contributed by atoms with van der Waals surface area (Å²) in [6, 6.07) is 13.1. The van der Waals surface area contributed by atoms with Crippen LogP contribution in [-0.4, -0.2) is 97.9 Å². The van der Waals surface area contributed by atoms with Gasteiger partial charge in [0, 0.05) is 91.5 Å². The average Bonchev–Trinajstić information content (AvgIpc) is 3.22. The predicted octanol–water partition coefficient (Wildman–Crippen LogP) is 4.32. The van der Waals surface area contributed by atoms with E-state index in [4.69, 9.17) is 22.6 Å². The molecule has 5 rings (SSSR count). The van der Waals surface area contributed by atoms with Gasteiger partial charge in [-0.25, -0.2) is 4.79 Å². The maximum absolute atomic E-state index is 12.3. The van der Waals surface area contributed by atoms with E-state index in [-0.39, 0.29) is 32.1 Å². The van der Waals surface area contributed by atoms with Crippen LogP contribution in [0.4, 0.5) is 16.2 Å². The first-order valence-corrected chi connectivity index (χ1v) is 12.2. The number of urea groups is 1. The van der Waals surface area contributed by atoms with Crippen molar-refractivity contribution in [3.8, 4) is 0 Å². The molecule has 3 aliphatic heterocycles. The maximum Gasteiger partial charge on any atom is 0.319 e. The molecule has 2 fully saturated rings. The number of rotatable bonds is 7. The van der Waals surface area contributed by atoms with Crippen molar-refractivity contribution in [3.05, 3.63) is 47.5 Å². The maximum atomic E-state index is 12.3. The molecule has 0 unspecified atom stereocenters. The van der Waals surface area contributed by atoms with Gasteiger partial charge in [-0.1, -0.05) is 35.5 Å². The molecular weight excluding hydrogens is 454 g/mol. The second kappa shape index (κ2) is 10.1. The third kappa shape index (κ3) is 5.11. The first-order chi connectivity index (χ1) is 19.1. The summed E-state index contributed by atoms with van der Waals surface area (Å²) in [6.07, 6.45) is 0.213. The number of para-hydroxylation sites is 1. The zero-order valence-electron chi connectivity index (χ0n) is 26.4. The highest BCUT2D eigenvalue weighted by Gasteiger charge is 2.26. The lowest BCUT2D eigenvalue weighted by atomic mass is 10.2. The normalized spacial score (nSPS) is 28.9. The van der Waals surface area contributed by atoms with E-state index in [1.165, 1.54) is 9.80 Å². The van der Waals surface area contributed by atoms with E-state index in [1.807, 2.05) is 47.4 Å². The van der Waals surface area contributed by atoms with E-state index < -0.39 is 26.0 Å². The van der Waals surface area contributed by atoms with Crippen LogP contribution in [0.2, 0.25) is 5.02 Å². The Morgan fingerprint density at radius 3 is 2.39 bits per heavy atom. The molecule has 2 aromatic rings. The number of nitrogens with zero attached hydrogens (tertiary/aromatic N) is 5. The molecule has 2 aromatic carbocycles. The van der Waals surface area contributed by atoms with Crippen molar-refractivity contribution in [1.29, 1.82) is 0 Å². The molecule has 3 heterocycles. The fourth-order valence-electron chi connectivity index (χ4n) is 4.08. The minimum absolute atomic E-state index is 0.0529. The van der Waals surface area contributed by atoms with Gasteiger partial charge >= 0.3 is 6.03 Å². The predicted molar refractivity (Wildman–Crippen MR) is 136 cm³/mol. The molecule has 3 aliphatic rings. The zero-order chi connectivity index (χ0) is 30.0. The molecule has 2 saturated heterocycles. The number of anilines is 2. The van der Waals surface area contributed by atoms with Crippen LogP contribution in [0, 0.1) is 0 Å². The molecule has 0 N–H and O–H groups in total. The van der Waals surface area contributed by atoms with Crippen LogP contribution in [0.3, 0.4) is 0 Å². The number of benzene rings is 2. The fourth-order valence-corrected chi connectivity index (χ4v) is 5.33. The highest BCUT2D eigenvalue weighted by molar-refractivity contribution is 7.99. The molecule has 0 saturated carbocycles. The summed E-state index contributed by atoms with van der Waals surface area (Å²) in [5, 5.41) is 0.557. The lowest BCUT2D eigenvalue weighted by Gasteiger charge is -2.36. The lowest BCUT2D eigenvalue weighted by molar-refractivity contribution is 0.123. The third-order valence-electron chi connectivity index (χ3n) is 5.89. The summed E-state index contributed by atoms with van der Waals surface area (Å²) in [7, 11) is 1.63. The van der Waals surface area contributed by atoms with Gasteiger partial charge in [-0.3, -0.25) is 4.90 Å². The van der Waals surface area contributed by atoms with Crippen molar-refractivity contribution in [2.45, 2.75) is 16.2 Å². The fraction of sp³-hybridized carbons (Fsp3) is 0.480. The molecule has 6 nitrogen and oxygen atoms in total. The van der Waals surface area contributed by atoms with Gasteiger partial charge in [0.25, 0.3) is 0 Å². The number of halogens is 1. The molecule has 0 aliphatic carbocycles. The number of amides is 2. The molecular formula is C25H32ClN5OS. The number of carbonyl (C=O) groups is 1. The number of likely N-dealkylation sites (N-methyl/N-ethyl adjacent to an activating group) is 1. The van der Waals surface area contributed by atoms with Crippen molar-refractivity contribution < 1.29 is 15.8 Å². The van der Waals surface area contributed by atoms with Crippen molar-refractivity contribution in [3.63, 3.8) is 0 Å². The minimum Gasteiger partial charge on any atom is -0.340 e. The van der Waals surface area contributed by atoms with E-state index in [9.17, 15) is 4.79 Å². The molecule has 0 radical (unpaired) electrons. The van der Waals surface area contributed by atoms with Gasteiger partial charge < -0.3 is 19.6 Å². The molecule has 0 atom stereocenters. The largest absolute Gasteiger partial charge is 0.340 e. The first-order valence-electron chi connectivity index (χ1n) is 15.0. The van der Waals surface area contributed by atoms with E-state index in [1.54, 1.807) is 18.8 Å². The topological polar surface area (TPSA) is 33.3 Å². The molecule has 0 aromatic heterocycles. The Kier molecular flexibility index (Phi) is 4.65. The van der Waals surface area contributed by atoms with Crippen molar-refractivity contribution in [1.82, 2.24) is 19.6 Å². The molecule has 8 heteroatoms. The minimum atomic E-state index is -2.90. The van der Waals surface area contributed by atoms with Gasteiger partial charge in [-0.05, 0) is 43.3 Å². The Labute approximate surface area is 217 Å². The number of piperazine rings is 1. The van der Waals surface area contributed by atoms with Crippen molar-refractivity contribution in [2.75, 3.05) is 77.2 Å². The van der Waals surface area contributed by atoms with Crippen LogP contribution in [0.15, 0.2) is 52.3 Å². The third-order valence-corrected chi connectivity index (χ3v) is 7.25. The van der Waals surface area contributed by atoms with Crippen molar-refractivity contribution in [2.24, 2.45) is 0 Å². The first kappa shape index (κ1) is 15.1. The highest BCUT2D eigenvalue weighted by Crippen LogP contribution is 2.48. The Morgan fingerprint density at radius 2 is 1.64 bits per heavy atom. The molecule has 0 spiro atoms. The van der Waals surface area contributed by atoms with Crippen LogP contribution >= 0.6 is 23.4 Å². The summed E-state index contributed by atoms with van der Waals surface area (Å²) >= 11 is 7.91. The van der Waals surface area contributed by atoms with Crippen LogP contribution in [0.1, 0.15) is 17.4 Å². The van der Waals surface area contributed by atoms with Crippen LogP contribution < -0.4 is 4.90 Å². The molecule has 33 heavy (non-hydrogen) atoms. The Hall–Kier alpha value is -1.93. The van der Waals surface area contributed by atoms with E-state index >= 15 is 0 Å². The zero-order valence-corrected chi connectivity index (χ0v) is 20.0. The Morgan fingerprint density at radius 1 is 0.909 bits per heavy atom. The van der Waals surface area contributed by atoms with Crippen LogP contribution in [0.25, 0.3) is 0 Å². The van der Waals surface area contributed by atoms with Gasteiger partial charge in [0.05, 0.1) is 11.4 Å². The number of carbonyl (C=O) groups excluding carboxylic acids is 1. The second-order valence-corrected chi connectivity index (χ2v) is 9.65. The van der Waals surface area contributed by atoms with Crippen LogP contribution in [-0.2, 0) is 0 Å². The summed E-state index contributed by atoms with van der Waals surface area (Å²) < 4.78 is 69.7. The van der Waals surface area contributed by atoms with Gasteiger partial charge in [-0.15, -0.1) is 0 Å². The standard InChI is InChI=1S/C25H32ClN5OS/c1-27-11-17-30(25(27)32)18-16-29-14-12-28(13-15-29)9-4-10-31-21-5-2-3-6-23(21)33-24-8-7-20(26)19-22(24)31/h2-3,5-8,19H,4,9-18H2,1H3/i12D2,13D2,14D2,15D2. The summed E-state index contributed by atoms with van der Waals surface area (Å²) in [4.78, 5) is 20.5. The molecule has 0 bridgehead atoms. The molecule has 2 amide bonds. The SMILES string of the molecule is [2H]C1([2H])N(CCCN2c3ccccc3Sc3ccc(Cl)cc32)C([2H])([2H])C([2H])([2H])N(CCN2CCN(C)C2=O)C1([2H])[2H]. The van der Waals surface area contributed by atoms with Gasteiger partial charge in [0.2, 0.25) is 0 Å². The highest BCUT2D eigenvalue weighted by atomic mass is 35.5. The van der Waals surface area contributed by atoms with Gasteiger partial charge in [-0.2, -0.15) is 0 Å². The second-order valence-electron chi connectivity index (χ2n) is 8.13. The summed E-state index contributed by atoms with van der Waals surface area (Å²) in [5.41, 5.74) is 1.79. The number of fused-ring (bicyclic) bond motifs is 2. The summed E-state index contributed by atoms with van der Waals surface area (Å²) in [5.74, 6) is 0. The Bertz CT molecular complexity index is 1310. The van der Waals surface area contributed by atoms with Gasteiger partial charge in [0.15, 0.2) is 0 Å². The smallest absolute Gasteiger partial charge is 0.319 e. The van der Waals surface area contributed by atoms with Crippen molar-refractivity contribution >= 4 is 40.8 Å². The summed E-state index contributed by atoms with van der Waals surface area (Å²) in [6.45, 7) is -11.0. The number of hydrogen-bond acceptors (Lipinski definition) is 5. The van der Waals surface area contributed by atoms with Crippen LogP contribution in [0.5, 0.6) is 0 Å². The number of hydrogen-bond donors (Lipinski definition) is 0. The van der Waals surface area contributed by atoms with Gasteiger partial charge in [0.1, 0.15) is 0 Å².